The van der Waals surface area contributed by atoms with Crippen LogP contribution in [0.4, 0.5) is 5.69 Å². The zero-order chi connectivity index (χ0) is 13.5. The minimum absolute atomic E-state index is 0.420. The molecule has 0 aliphatic heterocycles. The van der Waals surface area contributed by atoms with E-state index in [1.165, 1.54) is 56.2 Å². The van der Waals surface area contributed by atoms with Crippen molar-refractivity contribution in [1.29, 1.82) is 0 Å². The smallest absolute Gasteiger partial charge is 0.0468 e. The van der Waals surface area contributed by atoms with Crippen LogP contribution in [0.15, 0.2) is 42.5 Å². The third-order valence-corrected chi connectivity index (χ3v) is 4.29. The molecule has 1 fully saturated rings. The maximum atomic E-state index is 4.14. The van der Waals surface area contributed by atoms with Gasteiger partial charge in [0.2, 0.25) is 0 Å². The molecule has 0 spiro atoms. The molecule has 0 bridgehead atoms. The van der Waals surface area contributed by atoms with Gasteiger partial charge >= 0.3 is 0 Å². The van der Waals surface area contributed by atoms with Crippen molar-refractivity contribution in [2.75, 3.05) is 5.32 Å². The molecule has 1 saturated carbocycles. The van der Waals surface area contributed by atoms with Crippen LogP contribution in [0.1, 0.15) is 51.9 Å². The van der Waals surface area contributed by atoms with Gasteiger partial charge in [-0.15, -0.1) is 0 Å². The first-order valence-corrected chi connectivity index (χ1v) is 7.72. The van der Waals surface area contributed by atoms with E-state index < -0.39 is 0 Å². The van der Waals surface area contributed by atoms with Gasteiger partial charge in [0, 0.05) is 11.7 Å². The molecule has 1 aliphatic carbocycles. The predicted molar refractivity (Wildman–Crippen MR) is 84.5 cm³/mol. The molecule has 0 radical (unpaired) electrons. The normalized spacial score (nSPS) is 17.3. The fraction of sp³-hybridized carbons (Fsp3) is 0.556. The summed E-state index contributed by atoms with van der Waals surface area (Å²) in [4.78, 5) is 0. The number of hydrogen-bond acceptors (Lipinski definition) is 1. The number of benzene rings is 1. The molecule has 1 atom stereocenters. The van der Waals surface area contributed by atoms with Crippen LogP contribution in [0.5, 0.6) is 0 Å². The van der Waals surface area contributed by atoms with Crippen LogP contribution >= 0.6 is 0 Å². The molecule has 1 aliphatic rings. The van der Waals surface area contributed by atoms with E-state index in [9.17, 15) is 0 Å². The Kier molecular flexibility index (Phi) is 5.50. The molecule has 104 valence electrons. The molecule has 1 N–H and O–H groups in total. The summed E-state index contributed by atoms with van der Waals surface area (Å²) >= 11 is 0. The summed E-state index contributed by atoms with van der Waals surface area (Å²) in [6, 6.07) is 10.9. The van der Waals surface area contributed by atoms with Gasteiger partial charge in [-0.25, -0.2) is 0 Å². The lowest BCUT2D eigenvalue weighted by Gasteiger charge is -2.21. The van der Waals surface area contributed by atoms with E-state index in [0.717, 1.165) is 5.92 Å². The lowest BCUT2D eigenvalue weighted by Crippen LogP contribution is -2.20. The Hall–Kier alpha value is -1.24. The van der Waals surface area contributed by atoms with E-state index in [1.54, 1.807) is 0 Å². The number of nitrogens with one attached hydrogen (secondary N) is 1. The van der Waals surface area contributed by atoms with E-state index in [2.05, 4.69) is 49.2 Å². The molecule has 1 nitrogen and oxygen atoms in total. The van der Waals surface area contributed by atoms with Crippen molar-refractivity contribution in [2.24, 2.45) is 5.92 Å². The second-order valence-corrected chi connectivity index (χ2v) is 5.99. The highest BCUT2D eigenvalue weighted by atomic mass is 14.9. The summed E-state index contributed by atoms with van der Waals surface area (Å²) in [6.07, 6.45) is 9.77. The van der Waals surface area contributed by atoms with Gasteiger partial charge in [-0.2, -0.15) is 0 Å². The number of anilines is 1. The van der Waals surface area contributed by atoms with Gasteiger partial charge in [0.05, 0.1) is 0 Å². The zero-order valence-corrected chi connectivity index (χ0v) is 12.2. The van der Waals surface area contributed by atoms with Crippen molar-refractivity contribution in [1.82, 2.24) is 0 Å². The molecular formula is C18H27N. The van der Waals surface area contributed by atoms with E-state index in [1.807, 2.05) is 0 Å². The van der Waals surface area contributed by atoms with Crippen molar-refractivity contribution in [3.05, 3.63) is 42.5 Å². The summed E-state index contributed by atoms with van der Waals surface area (Å²) in [5, 5.41) is 3.60. The van der Waals surface area contributed by atoms with Gasteiger partial charge in [0.25, 0.3) is 0 Å². The van der Waals surface area contributed by atoms with Crippen molar-refractivity contribution in [3.63, 3.8) is 0 Å². The Bertz CT molecular complexity index is 376. The molecule has 0 unspecified atom stereocenters. The predicted octanol–water partition coefficient (Wildman–Crippen LogP) is 5.40. The standard InChI is InChI=1S/C18H27N/c1-15(2)18(19-17-12-4-3-5-13-17)14-8-11-16-9-6-7-10-16/h3-5,12-13,16,18-19H,1,6-11,14H2,2H3/t18-/m0/s1. The molecular weight excluding hydrogens is 230 g/mol. The third kappa shape index (κ3) is 4.74. The van der Waals surface area contributed by atoms with Gasteiger partial charge < -0.3 is 5.32 Å². The zero-order valence-electron chi connectivity index (χ0n) is 12.2. The second kappa shape index (κ2) is 7.37. The Morgan fingerprint density at radius 2 is 1.95 bits per heavy atom. The first-order chi connectivity index (χ1) is 9.25. The summed E-state index contributed by atoms with van der Waals surface area (Å²) < 4.78 is 0. The SMILES string of the molecule is C=C(C)[C@H](CCCC1CCCC1)Nc1ccccc1. The maximum absolute atomic E-state index is 4.14. The minimum atomic E-state index is 0.420. The minimum Gasteiger partial charge on any atom is -0.379 e. The molecule has 2 rings (SSSR count). The van der Waals surface area contributed by atoms with Crippen LogP contribution in [0.25, 0.3) is 0 Å². The van der Waals surface area contributed by atoms with Crippen LogP contribution in [0.3, 0.4) is 0 Å². The van der Waals surface area contributed by atoms with Crippen LogP contribution in [-0.2, 0) is 0 Å². The fourth-order valence-electron chi connectivity index (χ4n) is 3.09. The molecule has 1 aromatic carbocycles. The van der Waals surface area contributed by atoms with Gasteiger partial charge in [-0.05, 0) is 31.4 Å². The average molecular weight is 257 g/mol. The Morgan fingerprint density at radius 1 is 1.26 bits per heavy atom. The molecule has 0 saturated heterocycles. The third-order valence-electron chi connectivity index (χ3n) is 4.29. The summed E-state index contributed by atoms with van der Waals surface area (Å²) in [7, 11) is 0. The topological polar surface area (TPSA) is 12.0 Å². The van der Waals surface area contributed by atoms with Gasteiger partial charge in [0.15, 0.2) is 0 Å². The van der Waals surface area contributed by atoms with Crippen molar-refractivity contribution in [3.8, 4) is 0 Å². The summed E-state index contributed by atoms with van der Waals surface area (Å²) in [5.74, 6) is 1.00. The van der Waals surface area contributed by atoms with Gasteiger partial charge in [-0.1, -0.05) is 68.9 Å². The Morgan fingerprint density at radius 3 is 2.58 bits per heavy atom. The lowest BCUT2D eigenvalue weighted by atomic mass is 9.96. The van der Waals surface area contributed by atoms with Crippen LogP contribution in [-0.4, -0.2) is 6.04 Å². The number of para-hydroxylation sites is 1. The summed E-state index contributed by atoms with van der Waals surface area (Å²) in [5.41, 5.74) is 2.45. The number of rotatable bonds is 7. The van der Waals surface area contributed by atoms with Gasteiger partial charge in [-0.3, -0.25) is 0 Å². The van der Waals surface area contributed by atoms with E-state index in [4.69, 9.17) is 0 Å². The molecule has 0 aromatic heterocycles. The van der Waals surface area contributed by atoms with Crippen LogP contribution in [0.2, 0.25) is 0 Å². The Balaban J connectivity index is 1.77. The molecule has 1 aromatic rings. The monoisotopic (exact) mass is 257 g/mol. The van der Waals surface area contributed by atoms with Gasteiger partial charge in [0.1, 0.15) is 0 Å². The first kappa shape index (κ1) is 14.2. The molecule has 19 heavy (non-hydrogen) atoms. The highest BCUT2D eigenvalue weighted by molar-refractivity contribution is 5.45. The van der Waals surface area contributed by atoms with E-state index in [0.29, 0.717) is 6.04 Å². The highest BCUT2D eigenvalue weighted by Gasteiger charge is 2.16. The van der Waals surface area contributed by atoms with Crippen LogP contribution in [0, 0.1) is 5.92 Å². The maximum Gasteiger partial charge on any atom is 0.0468 e. The van der Waals surface area contributed by atoms with E-state index in [-0.39, 0.29) is 0 Å². The van der Waals surface area contributed by atoms with Crippen molar-refractivity contribution < 1.29 is 0 Å². The summed E-state index contributed by atoms with van der Waals surface area (Å²) in [6.45, 7) is 6.27. The number of hydrogen-bond donors (Lipinski definition) is 1. The first-order valence-electron chi connectivity index (χ1n) is 7.72. The lowest BCUT2D eigenvalue weighted by molar-refractivity contribution is 0.467. The van der Waals surface area contributed by atoms with Crippen molar-refractivity contribution in [2.45, 2.75) is 57.9 Å². The fourth-order valence-corrected chi connectivity index (χ4v) is 3.09. The Labute approximate surface area is 118 Å². The van der Waals surface area contributed by atoms with Crippen molar-refractivity contribution >= 4 is 5.69 Å². The molecule has 0 amide bonds. The molecule has 0 heterocycles. The quantitative estimate of drug-likeness (QED) is 0.644. The second-order valence-electron chi connectivity index (χ2n) is 5.99. The average Bonchev–Trinajstić information content (AvgIpc) is 2.92. The van der Waals surface area contributed by atoms with E-state index >= 15 is 0 Å². The molecule has 1 heteroatoms. The van der Waals surface area contributed by atoms with Crippen LogP contribution < -0.4 is 5.32 Å². The largest absolute Gasteiger partial charge is 0.379 e. The highest BCUT2D eigenvalue weighted by Crippen LogP contribution is 2.29.